The normalized spacial score (nSPS) is 10.8. The van der Waals surface area contributed by atoms with Crippen molar-refractivity contribution in [2.45, 2.75) is 130 Å². The summed E-state index contributed by atoms with van der Waals surface area (Å²) in [5, 5.41) is 0. The van der Waals surface area contributed by atoms with E-state index in [1.807, 2.05) is 0 Å². The maximum atomic E-state index is 3.41. The van der Waals surface area contributed by atoms with E-state index < -0.39 is 0 Å². The van der Waals surface area contributed by atoms with E-state index >= 15 is 0 Å². The third-order valence-corrected chi connectivity index (χ3v) is 7.94. The van der Waals surface area contributed by atoms with Crippen molar-refractivity contribution in [2.24, 2.45) is 0 Å². The molecule has 0 radical (unpaired) electrons. The minimum Gasteiger partial charge on any atom is -0.372 e. The molecule has 0 aliphatic carbocycles. The number of unbranched alkanes of at least 4 members (excludes halogenated alkanes) is 12. The van der Waals surface area contributed by atoms with Crippen molar-refractivity contribution in [3.8, 4) is 11.8 Å². The highest BCUT2D eigenvalue weighted by Gasteiger charge is 2.08. The molecule has 0 amide bonds. The molecule has 0 unspecified atom stereocenters. The Hall–Kier alpha value is -2.40. The van der Waals surface area contributed by atoms with E-state index in [2.05, 4.69) is 97.9 Å². The van der Waals surface area contributed by atoms with E-state index in [4.69, 9.17) is 0 Å². The van der Waals surface area contributed by atoms with Gasteiger partial charge in [-0.1, -0.05) is 117 Å². The second-order valence-electron chi connectivity index (χ2n) is 11.6. The van der Waals surface area contributed by atoms with Crippen LogP contribution in [0.15, 0.2) is 48.5 Å². The number of rotatable bonds is 22. The third-order valence-electron chi connectivity index (χ3n) is 7.94. The van der Waals surface area contributed by atoms with Gasteiger partial charge in [0.05, 0.1) is 0 Å². The Bertz CT molecular complexity index is 819. The lowest BCUT2D eigenvalue weighted by atomic mass is 10.1. The highest BCUT2D eigenvalue weighted by atomic mass is 15.1. The molecule has 0 saturated heterocycles. The molecule has 0 aliphatic heterocycles. The molecule has 0 N–H and O–H groups in total. The maximum Gasteiger partial charge on any atom is 0.0367 e. The van der Waals surface area contributed by atoms with Crippen LogP contribution in [0.3, 0.4) is 0 Å². The molecule has 2 rings (SSSR count). The highest BCUT2D eigenvalue weighted by Crippen LogP contribution is 2.20. The van der Waals surface area contributed by atoms with E-state index in [9.17, 15) is 0 Å². The van der Waals surface area contributed by atoms with Crippen LogP contribution in [0.1, 0.15) is 142 Å². The summed E-state index contributed by atoms with van der Waals surface area (Å²) in [5.74, 6) is 6.82. The van der Waals surface area contributed by atoms with Crippen LogP contribution < -0.4 is 9.80 Å². The summed E-state index contributed by atoms with van der Waals surface area (Å²) in [6, 6.07) is 17.9. The Balaban J connectivity index is 2.00. The average molecular weight is 545 g/mol. The Morgan fingerprint density at radius 2 is 0.650 bits per heavy atom. The molecular formula is C38H60N2. The van der Waals surface area contributed by atoms with Crippen molar-refractivity contribution in [3.05, 3.63) is 59.7 Å². The quantitative estimate of drug-likeness (QED) is 0.107. The van der Waals surface area contributed by atoms with Crippen LogP contribution in [0.5, 0.6) is 0 Å². The SMILES string of the molecule is CCCCCCN(CCCCCC)c1ccc(C#Cc2ccc(N(CCCCCC)CCCCCC)cc2)cc1. The van der Waals surface area contributed by atoms with Gasteiger partial charge in [-0.05, 0) is 74.2 Å². The first-order chi connectivity index (χ1) is 19.7. The lowest BCUT2D eigenvalue weighted by Gasteiger charge is -2.25. The fourth-order valence-electron chi connectivity index (χ4n) is 5.31. The summed E-state index contributed by atoms with van der Waals surface area (Å²) < 4.78 is 0. The molecule has 0 aliphatic rings. The molecule has 2 aromatic rings. The van der Waals surface area contributed by atoms with Gasteiger partial charge in [-0.15, -0.1) is 0 Å². The molecule has 2 aromatic carbocycles. The van der Waals surface area contributed by atoms with Gasteiger partial charge in [0.25, 0.3) is 0 Å². The fraction of sp³-hybridized carbons (Fsp3) is 0.632. The Morgan fingerprint density at radius 1 is 0.375 bits per heavy atom. The molecule has 0 atom stereocenters. The first-order valence-electron chi connectivity index (χ1n) is 16.9. The van der Waals surface area contributed by atoms with Crippen LogP contribution in [-0.4, -0.2) is 26.2 Å². The molecule has 2 heteroatoms. The monoisotopic (exact) mass is 544 g/mol. The summed E-state index contributed by atoms with van der Waals surface area (Å²) in [7, 11) is 0. The summed E-state index contributed by atoms with van der Waals surface area (Å²) in [5.41, 5.74) is 4.89. The van der Waals surface area contributed by atoms with E-state index in [1.165, 1.54) is 114 Å². The summed E-state index contributed by atoms with van der Waals surface area (Å²) in [6.45, 7) is 13.8. The van der Waals surface area contributed by atoms with Gasteiger partial charge in [-0.2, -0.15) is 0 Å². The summed E-state index contributed by atoms with van der Waals surface area (Å²) in [4.78, 5) is 5.19. The molecule has 0 heterocycles. The van der Waals surface area contributed by atoms with Gasteiger partial charge in [0.2, 0.25) is 0 Å². The lowest BCUT2D eigenvalue weighted by molar-refractivity contribution is 0.609. The fourth-order valence-corrected chi connectivity index (χ4v) is 5.31. The van der Waals surface area contributed by atoms with Crippen molar-refractivity contribution in [3.63, 3.8) is 0 Å². The largest absolute Gasteiger partial charge is 0.372 e. The first-order valence-corrected chi connectivity index (χ1v) is 16.9. The van der Waals surface area contributed by atoms with Gasteiger partial charge in [0, 0.05) is 48.7 Å². The van der Waals surface area contributed by atoms with Crippen LogP contribution in [0.2, 0.25) is 0 Å². The number of hydrogen-bond donors (Lipinski definition) is 0. The summed E-state index contributed by atoms with van der Waals surface area (Å²) >= 11 is 0. The molecule has 0 saturated carbocycles. The van der Waals surface area contributed by atoms with Gasteiger partial charge in [-0.3, -0.25) is 0 Å². The second kappa shape index (κ2) is 22.3. The van der Waals surface area contributed by atoms with Crippen molar-refractivity contribution in [1.29, 1.82) is 0 Å². The molecule has 0 bridgehead atoms. The summed E-state index contributed by atoms with van der Waals surface area (Å²) in [6.07, 6.45) is 21.0. The van der Waals surface area contributed by atoms with E-state index in [1.54, 1.807) is 0 Å². The number of hydrogen-bond acceptors (Lipinski definition) is 2. The Labute approximate surface area is 248 Å². The molecular weight excluding hydrogens is 484 g/mol. The number of anilines is 2. The Morgan fingerprint density at radius 3 is 0.900 bits per heavy atom. The molecule has 0 spiro atoms. The van der Waals surface area contributed by atoms with Gasteiger partial charge < -0.3 is 9.80 Å². The highest BCUT2D eigenvalue weighted by molar-refractivity contribution is 5.54. The van der Waals surface area contributed by atoms with Crippen LogP contribution in [0.4, 0.5) is 11.4 Å². The van der Waals surface area contributed by atoms with Crippen LogP contribution in [0, 0.1) is 11.8 Å². The van der Waals surface area contributed by atoms with Crippen molar-refractivity contribution in [2.75, 3.05) is 36.0 Å². The van der Waals surface area contributed by atoms with Crippen molar-refractivity contribution < 1.29 is 0 Å². The van der Waals surface area contributed by atoms with Crippen molar-refractivity contribution in [1.82, 2.24) is 0 Å². The van der Waals surface area contributed by atoms with E-state index in [-0.39, 0.29) is 0 Å². The molecule has 0 fully saturated rings. The zero-order chi connectivity index (χ0) is 28.7. The maximum absolute atomic E-state index is 3.41. The number of benzene rings is 2. The van der Waals surface area contributed by atoms with Crippen LogP contribution in [0.25, 0.3) is 0 Å². The van der Waals surface area contributed by atoms with E-state index in [0.717, 1.165) is 37.3 Å². The van der Waals surface area contributed by atoms with Crippen LogP contribution >= 0.6 is 0 Å². The van der Waals surface area contributed by atoms with Gasteiger partial charge in [0.1, 0.15) is 0 Å². The van der Waals surface area contributed by atoms with E-state index in [0.29, 0.717) is 0 Å². The first kappa shape index (κ1) is 33.8. The zero-order valence-corrected chi connectivity index (χ0v) is 26.7. The van der Waals surface area contributed by atoms with Gasteiger partial charge in [0.15, 0.2) is 0 Å². The standard InChI is InChI=1S/C38H60N2/c1-5-9-13-17-31-39(32-18-14-10-6-2)37-27-23-35(24-28-37)21-22-36-25-29-38(30-26-36)40(33-19-15-11-7-3)34-20-16-12-8-4/h23-30H,5-20,31-34H2,1-4H3. The Kier molecular flexibility index (Phi) is 18.9. The molecule has 2 nitrogen and oxygen atoms in total. The second-order valence-corrected chi connectivity index (χ2v) is 11.6. The molecule has 40 heavy (non-hydrogen) atoms. The molecule has 222 valence electrons. The number of nitrogens with zero attached hydrogens (tertiary/aromatic N) is 2. The van der Waals surface area contributed by atoms with Crippen LogP contribution in [-0.2, 0) is 0 Å². The molecule has 0 aromatic heterocycles. The minimum atomic E-state index is 1.10. The van der Waals surface area contributed by atoms with Crippen molar-refractivity contribution >= 4 is 11.4 Å². The smallest absolute Gasteiger partial charge is 0.0367 e. The lowest BCUT2D eigenvalue weighted by Crippen LogP contribution is -2.25. The van der Waals surface area contributed by atoms with Gasteiger partial charge in [-0.25, -0.2) is 0 Å². The predicted octanol–water partition coefficient (Wildman–Crippen LogP) is 11.0. The zero-order valence-electron chi connectivity index (χ0n) is 26.7. The third kappa shape index (κ3) is 14.3. The predicted molar refractivity (Wildman–Crippen MR) is 180 cm³/mol. The average Bonchev–Trinajstić information content (AvgIpc) is 2.99. The topological polar surface area (TPSA) is 6.48 Å². The van der Waals surface area contributed by atoms with Gasteiger partial charge >= 0.3 is 0 Å². The minimum absolute atomic E-state index is 1.10.